The van der Waals surface area contributed by atoms with E-state index >= 15 is 0 Å². The van der Waals surface area contributed by atoms with Crippen LogP contribution in [-0.4, -0.2) is 24.6 Å². The second kappa shape index (κ2) is 5.51. The van der Waals surface area contributed by atoms with Crippen LogP contribution in [0.4, 0.5) is 0 Å². The molecule has 1 fully saturated rings. The molecule has 1 heterocycles. The standard InChI is InChI=1S/C13H17NOS/c1-16-11-7-5-10(6-8-11)13(15)12-4-2-3-9-14-12/h5-8,12,14H,2-4,9H2,1H3. The Labute approximate surface area is 101 Å². The summed E-state index contributed by atoms with van der Waals surface area (Å²) in [6.45, 7) is 0.972. The van der Waals surface area contributed by atoms with E-state index in [1.54, 1.807) is 11.8 Å². The average molecular weight is 235 g/mol. The highest BCUT2D eigenvalue weighted by Gasteiger charge is 2.21. The van der Waals surface area contributed by atoms with Gasteiger partial charge < -0.3 is 5.32 Å². The lowest BCUT2D eigenvalue weighted by molar-refractivity contribution is 0.0927. The Bertz CT molecular complexity index is 355. The average Bonchev–Trinajstić information content (AvgIpc) is 2.39. The molecule has 1 aromatic rings. The lowest BCUT2D eigenvalue weighted by Gasteiger charge is -2.22. The van der Waals surface area contributed by atoms with Gasteiger partial charge in [-0.25, -0.2) is 0 Å². The van der Waals surface area contributed by atoms with Crippen molar-refractivity contribution in [3.63, 3.8) is 0 Å². The first-order valence-electron chi connectivity index (χ1n) is 5.73. The van der Waals surface area contributed by atoms with E-state index in [4.69, 9.17) is 0 Å². The third-order valence-electron chi connectivity index (χ3n) is 3.00. The van der Waals surface area contributed by atoms with Crippen LogP contribution >= 0.6 is 11.8 Å². The monoisotopic (exact) mass is 235 g/mol. The minimum atomic E-state index is 0.0360. The SMILES string of the molecule is CSc1ccc(C(=O)C2CCCCN2)cc1. The highest BCUT2D eigenvalue weighted by molar-refractivity contribution is 7.98. The van der Waals surface area contributed by atoms with E-state index in [2.05, 4.69) is 5.32 Å². The third-order valence-corrected chi connectivity index (χ3v) is 3.74. The molecule has 86 valence electrons. The van der Waals surface area contributed by atoms with Crippen LogP contribution in [0.5, 0.6) is 0 Å². The molecule has 1 aliphatic rings. The lowest BCUT2D eigenvalue weighted by atomic mass is 9.96. The molecule has 1 atom stereocenters. The normalized spacial score (nSPS) is 20.7. The van der Waals surface area contributed by atoms with Crippen molar-refractivity contribution in [3.8, 4) is 0 Å². The van der Waals surface area contributed by atoms with Gasteiger partial charge >= 0.3 is 0 Å². The third kappa shape index (κ3) is 2.66. The van der Waals surface area contributed by atoms with Crippen LogP contribution in [0, 0.1) is 0 Å². The van der Waals surface area contributed by atoms with E-state index in [1.165, 1.54) is 11.3 Å². The van der Waals surface area contributed by atoms with E-state index in [9.17, 15) is 4.79 Å². The highest BCUT2D eigenvalue weighted by atomic mass is 32.2. The Morgan fingerprint density at radius 1 is 1.31 bits per heavy atom. The van der Waals surface area contributed by atoms with Crippen LogP contribution in [0.2, 0.25) is 0 Å². The van der Waals surface area contributed by atoms with Crippen molar-refractivity contribution in [2.75, 3.05) is 12.8 Å². The van der Waals surface area contributed by atoms with Crippen molar-refractivity contribution < 1.29 is 4.79 Å². The molecule has 1 aliphatic heterocycles. The van der Waals surface area contributed by atoms with E-state index in [1.807, 2.05) is 30.5 Å². The highest BCUT2D eigenvalue weighted by Crippen LogP contribution is 2.17. The molecular weight excluding hydrogens is 218 g/mol. The molecule has 2 nitrogen and oxygen atoms in total. The van der Waals surface area contributed by atoms with Gasteiger partial charge in [-0.15, -0.1) is 11.8 Å². The van der Waals surface area contributed by atoms with Crippen LogP contribution in [0.3, 0.4) is 0 Å². The van der Waals surface area contributed by atoms with E-state index in [-0.39, 0.29) is 11.8 Å². The Morgan fingerprint density at radius 3 is 2.62 bits per heavy atom. The zero-order valence-corrected chi connectivity index (χ0v) is 10.3. The zero-order chi connectivity index (χ0) is 11.4. The summed E-state index contributed by atoms with van der Waals surface area (Å²) in [5.74, 6) is 0.243. The van der Waals surface area contributed by atoms with Gasteiger partial charge in [0.2, 0.25) is 0 Å². The van der Waals surface area contributed by atoms with Crippen LogP contribution in [0.25, 0.3) is 0 Å². The van der Waals surface area contributed by atoms with Gasteiger partial charge in [0.15, 0.2) is 5.78 Å². The second-order valence-corrected chi connectivity index (χ2v) is 4.97. The summed E-state index contributed by atoms with van der Waals surface area (Å²) in [5, 5.41) is 3.29. The number of rotatable bonds is 3. The van der Waals surface area contributed by atoms with E-state index < -0.39 is 0 Å². The minimum Gasteiger partial charge on any atom is -0.307 e. The first-order chi connectivity index (χ1) is 7.81. The molecule has 2 rings (SSSR count). The number of carbonyl (C=O) groups is 1. The predicted molar refractivity (Wildman–Crippen MR) is 68.2 cm³/mol. The van der Waals surface area contributed by atoms with Crippen molar-refractivity contribution >= 4 is 17.5 Å². The predicted octanol–water partition coefficient (Wildman–Crippen LogP) is 2.73. The number of nitrogens with one attached hydrogen (secondary N) is 1. The number of thioether (sulfide) groups is 1. The first kappa shape index (κ1) is 11.7. The van der Waals surface area contributed by atoms with E-state index in [0.29, 0.717) is 0 Å². The lowest BCUT2D eigenvalue weighted by Crippen LogP contribution is -2.40. The van der Waals surface area contributed by atoms with Gasteiger partial charge in [0.1, 0.15) is 0 Å². The first-order valence-corrected chi connectivity index (χ1v) is 6.95. The molecule has 0 aromatic heterocycles. The van der Waals surface area contributed by atoms with Crippen molar-refractivity contribution in [2.45, 2.75) is 30.2 Å². The van der Waals surface area contributed by atoms with Gasteiger partial charge in [-0.3, -0.25) is 4.79 Å². The number of carbonyl (C=O) groups excluding carboxylic acids is 1. The summed E-state index contributed by atoms with van der Waals surface area (Å²) in [7, 11) is 0. The van der Waals surface area contributed by atoms with Gasteiger partial charge in [0, 0.05) is 10.5 Å². The smallest absolute Gasteiger partial charge is 0.179 e. The van der Waals surface area contributed by atoms with Crippen LogP contribution in [-0.2, 0) is 0 Å². The molecule has 0 saturated carbocycles. The van der Waals surface area contributed by atoms with Gasteiger partial charge in [-0.1, -0.05) is 18.6 Å². The number of ketones is 1. The number of hydrogen-bond acceptors (Lipinski definition) is 3. The van der Waals surface area contributed by atoms with Crippen molar-refractivity contribution in [1.82, 2.24) is 5.32 Å². The fourth-order valence-electron chi connectivity index (χ4n) is 2.03. The largest absolute Gasteiger partial charge is 0.307 e. The Balaban J connectivity index is 2.07. The van der Waals surface area contributed by atoms with E-state index in [0.717, 1.165) is 24.9 Å². The molecule has 0 bridgehead atoms. The molecule has 0 radical (unpaired) electrons. The zero-order valence-electron chi connectivity index (χ0n) is 9.53. The van der Waals surface area contributed by atoms with Gasteiger partial charge in [-0.2, -0.15) is 0 Å². The van der Waals surface area contributed by atoms with Crippen molar-refractivity contribution in [1.29, 1.82) is 0 Å². The maximum atomic E-state index is 12.1. The number of hydrogen-bond donors (Lipinski definition) is 1. The summed E-state index contributed by atoms with van der Waals surface area (Å²) in [6, 6.07) is 7.94. The topological polar surface area (TPSA) is 29.1 Å². The molecule has 1 N–H and O–H groups in total. The molecule has 0 spiro atoms. The Morgan fingerprint density at radius 2 is 2.06 bits per heavy atom. The number of Topliss-reactive ketones (excluding diaryl/α,β-unsaturated/α-hetero) is 1. The summed E-state index contributed by atoms with van der Waals surface area (Å²) < 4.78 is 0. The molecule has 0 aliphatic carbocycles. The summed E-state index contributed by atoms with van der Waals surface area (Å²) in [4.78, 5) is 13.3. The van der Waals surface area contributed by atoms with Crippen molar-refractivity contribution in [3.05, 3.63) is 29.8 Å². The fourth-order valence-corrected chi connectivity index (χ4v) is 2.44. The maximum absolute atomic E-state index is 12.1. The van der Waals surface area contributed by atoms with Gasteiger partial charge in [0.25, 0.3) is 0 Å². The summed E-state index contributed by atoms with van der Waals surface area (Å²) in [6.07, 6.45) is 5.37. The van der Waals surface area contributed by atoms with Crippen LogP contribution in [0.15, 0.2) is 29.2 Å². The van der Waals surface area contributed by atoms with Crippen LogP contribution in [0.1, 0.15) is 29.6 Å². The molecule has 1 aromatic carbocycles. The minimum absolute atomic E-state index is 0.0360. The molecule has 3 heteroatoms. The van der Waals surface area contributed by atoms with Crippen molar-refractivity contribution in [2.24, 2.45) is 0 Å². The van der Waals surface area contributed by atoms with Crippen LogP contribution < -0.4 is 5.32 Å². The maximum Gasteiger partial charge on any atom is 0.179 e. The van der Waals surface area contributed by atoms with Gasteiger partial charge in [-0.05, 0) is 37.8 Å². The summed E-state index contributed by atoms with van der Waals surface area (Å²) >= 11 is 1.70. The molecular formula is C13H17NOS. The Kier molecular flexibility index (Phi) is 4.02. The quantitative estimate of drug-likeness (QED) is 0.645. The Hall–Kier alpha value is -0.800. The molecule has 0 amide bonds. The number of piperidine rings is 1. The second-order valence-electron chi connectivity index (χ2n) is 4.10. The molecule has 1 unspecified atom stereocenters. The number of benzene rings is 1. The summed E-state index contributed by atoms with van der Waals surface area (Å²) in [5.41, 5.74) is 0.831. The molecule has 16 heavy (non-hydrogen) atoms. The fraction of sp³-hybridized carbons (Fsp3) is 0.462. The molecule has 1 saturated heterocycles. The van der Waals surface area contributed by atoms with Gasteiger partial charge in [0.05, 0.1) is 6.04 Å².